The Morgan fingerprint density at radius 2 is 2.06 bits per heavy atom. The number of hydrogen-bond donors (Lipinski definition) is 1. The molecule has 0 fully saturated rings. The van der Waals surface area contributed by atoms with Crippen molar-refractivity contribution >= 4 is 24.0 Å². The summed E-state index contributed by atoms with van der Waals surface area (Å²) < 4.78 is 0.653. The van der Waals surface area contributed by atoms with E-state index in [1.54, 1.807) is 11.8 Å². The Balaban J connectivity index is 2.08. The maximum atomic E-state index is 5.08. The van der Waals surface area contributed by atoms with Crippen LogP contribution in [0.25, 0.3) is 0 Å². The summed E-state index contributed by atoms with van der Waals surface area (Å²) >= 11 is 6.83. The second-order valence-corrected chi connectivity index (χ2v) is 4.92. The van der Waals surface area contributed by atoms with E-state index in [-0.39, 0.29) is 0 Å². The molecular formula is C12H12N2S2. The molecule has 0 radical (unpaired) electrons. The molecule has 2 nitrogen and oxygen atoms in total. The quantitative estimate of drug-likeness (QED) is 0.662. The number of aromatic amines is 1. The fourth-order valence-corrected chi connectivity index (χ4v) is 2.46. The van der Waals surface area contributed by atoms with Crippen LogP contribution in [0.2, 0.25) is 0 Å². The smallest absolute Gasteiger partial charge is 0.130 e. The van der Waals surface area contributed by atoms with Gasteiger partial charge in [0.1, 0.15) is 10.5 Å². The number of thioether (sulfide) groups is 1. The molecule has 1 heterocycles. The first kappa shape index (κ1) is 11.4. The van der Waals surface area contributed by atoms with E-state index in [0.717, 1.165) is 17.3 Å². The van der Waals surface area contributed by atoms with E-state index in [0.29, 0.717) is 4.64 Å². The van der Waals surface area contributed by atoms with Gasteiger partial charge in [0.05, 0.1) is 5.75 Å². The predicted octanol–water partition coefficient (Wildman–Crippen LogP) is 3.74. The Bertz CT molecular complexity index is 520. The normalized spacial score (nSPS) is 10.3. The number of nitrogens with one attached hydrogen (secondary N) is 1. The monoisotopic (exact) mass is 248 g/mol. The third-order valence-corrected chi connectivity index (χ3v) is 3.28. The largest absolute Gasteiger partial charge is 0.347 e. The van der Waals surface area contributed by atoms with E-state index >= 15 is 0 Å². The molecule has 0 saturated heterocycles. The summed E-state index contributed by atoms with van der Waals surface area (Å²) in [4.78, 5) is 8.75. The number of rotatable bonds is 3. The molecule has 2 aromatic rings. The molecule has 0 unspecified atom stereocenters. The summed E-state index contributed by atoms with van der Waals surface area (Å²) in [6, 6.07) is 12.1. The third-order valence-electron chi connectivity index (χ3n) is 2.05. The van der Waals surface area contributed by atoms with Gasteiger partial charge in [-0.05, 0) is 25.1 Å². The second-order valence-electron chi connectivity index (χ2n) is 3.45. The number of benzene rings is 1. The highest BCUT2D eigenvalue weighted by Gasteiger charge is 1.98. The summed E-state index contributed by atoms with van der Waals surface area (Å²) in [5, 5.41) is 0. The van der Waals surface area contributed by atoms with Gasteiger partial charge in [-0.1, -0.05) is 30.4 Å². The predicted molar refractivity (Wildman–Crippen MR) is 70.2 cm³/mol. The van der Waals surface area contributed by atoms with E-state index in [4.69, 9.17) is 12.2 Å². The molecule has 0 saturated carbocycles. The summed E-state index contributed by atoms with van der Waals surface area (Å²) in [5.74, 6) is 1.74. The van der Waals surface area contributed by atoms with Gasteiger partial charge in [-0.2, -0.15) is 0 Å². The highest BCUT2D eigenvalue weighted by molar-refractivity contribution is 7.98. The Morgan fingerprint density at radius 1 is 1.31 bits per heavy atom. The molecule has 1 aromatic heterocycles. The third kappa shape index (κ3) is 3.18. The summed E-state index contributed by atoms with van der Waals surface area (Å²) in [6.45, 7) is 1.99. The van der Waals surface area contributed by atoms with Gasteiger partial charge in [0.15, 0.2) is 0 Å². The minimum Gasteiger partial charge on any atom is -0.347 e. The molecule has 16 heavy (non-hydrogen) atoms. The highest BCUT2D eigenvalue weighted by Crippen LogP contribution is 2.20. The Hall–Kier alpha value is -1.13. The average Bonchev–Trinajstić information content (AvgIpc) is 2.27. The Labute approximate surface area is 104 Å². The number of hydrogen-bond acceptors (Lipinski definition) is 3. The minimum atomic E-state index is 0.653. The van der Waals surface area contributed by atoms with Crippen molar-refractivity contribution < 1.29 is 0 Å². The van der Waals surface area contributed by atoms with Gasteiger partial charge in [0.2, 0.25) is 0 Å². The van der Waals surface area contributed by atoms with E-state index in [9.17, 15) is 0 Å². The van der Waals surface area contributed by atoms with Crippen molar-refractivity contribution in [3.05, 3.63) is 52.6 Å². The maximum absolute atomic E-state index is 5.08. The molecule has 0 spiro atoms. The lowest BCUT2D eigenvalue weighted by Gasteiger charge is -2.02. The Morgan fingerprint density at radius 3 is 2.75 bits per heavy atom. The van der Waals surface area contributed by atoms with Crippen LogP contribution in [0.4, 0.5) is 0 Å². The minimum absolute atomic E-state index is 0.653. The molecule has 2 rings (SSSR count). The van der Waals surface area contributed by atoms with Crippen LogP contribution in [0.5, 0.6) is 0 Å². The van der Waals surface area contributed by atoms with Crippen molar-refractivity contribution in [2.24, 2.45) is 0 Å². The first-order valence-electron chi connectivity index (χ1n) is 4.99. The van der Waals surface area contributed by atoms with Gasteiger partial charge < -0.3 is 4.98 Å². The average molecular weight is 248 g/mol. The highest BCUT2D eigenvalue weighted by atomic mass is 32.2. The molecule has 0 bridgehead atoms. The van der Waals surface area contributed by atoms with Crippen LogP contribution in [0.1, 0.15) is 11.5 Å². The molecule has 0 aliphatic carbocycles. The zero-order chi connectivity index (χ0) is 11.4. The second kappa shape index (κ2) is 5.27. The van der Waals surface area contributed by atoms with Crippen molar-refractivity contribution in [1.29, 1.82) is 0 Å². The van der Waals surface area contributed by atoms with Crippen molar-refractivity contribution in [2.45, 2.75) is 17.6 Å². The topological polar surface area (TPSA) is 28.7 Å². The number of aryl methyl sites for hydroxylation is 1. The van der Waals surface area contributed by atoms with Gasteiger partial charge in [-0.3, -0.25) is 0 Å². The molecule has 82 valence electrons. The van der Waals surface area contributed by atoms with Crippen molar-refractivity contribution in [3.63, 3.8) is 0 Å². The first-order valence-corrected chi connectivity index (χ1v) is 6.38. The number of nitrogens with zero attached hydrogens (tertiary/aromatic N) is 1. The van der Waals surface area contributed by atoms with Gasteiger partial charge in [-0.15, -0.1) is 11.8 Å². The lowest BCUT2D eigenvalue weighted by molar-refractivity contribution is 0.986. The van der Waals surface area contributed by atoms with Crippen LogP contribution in [-0.2, 0) is 5.75 Å². The number of aromatic nitrogens is 2. The molecule has 1 aromatic carbocycles. The van der Waals surface area contributed by atoms with Crippen LogP contribution in [0.15, 0.2) is 41.3 Å². The van der Waals surface area contributed by atoms with Gasteiger partial charge in [0.25, 0.3) is 0 Å². The summed E-state index contributed by atoms with van der Waals surface area (Å²) in [5.41, 5.74) is 1.06. The summed E-state index contributed by atoms with van der Waals surface area (Å²) in [7, 11) is 0. The van der Waals surface area contributed by atoms with Gasteiger partial charge >= 0.3 is 0 Å². The lowest BCUT2D eigenvalue weighted by Crippen LogP contribution is -1.94. The zero-order valence-electron chi connectivity index (χ0n) is 8.93. The lowest BCUT2D eigenvalue weighted by atomic mass is 10.4. The van der Waals surface area contributed by atoms with Gasteiger partial charge in [0, 0.05) is 10.6 Å². The molecule has 0 atom stereocenters. The molecule has 0 aliphatic rings. The van der Waals surface area contributed by atoms with Gasteiger partial charge in [-0.25, -0.2) is 4.98 Å². The van der Waals surface area contributed by atoms with E-state index in [1.807, 2.05) is 31.2 Å². The SMILES string of the molecule is Cc1cc(=S)nc(CSc2ccccc2)[nH]1. The molecular weight excluding hydrogens is 236 g/mol. The maximum Gasteiger partial charge on any atom is 0.130 e. The van der Waals surface area contributed by atoms with Crippen molar-refractivity contribution in [3.8, 4) is 0 Å². The van der Waals surface area contributed by atoms with Crippen molar-refractivity contribution in [2.75, 3.05) is 0 Å². The molecule has 4 heteroatoms. The standard InChI is InChI=1S/C12H12N2S2/c1-9-7-12(15)14-11(13-9)8-16-10-5-3-2-4-6-10/h2-7H,8H2,1H3,(H,13,14,15). The molecule has 0 aliphatic heterocycles. The molecule has 1 N–H and O–H groups in total. The van der Waals surface area contributed by atoms with E-state index < -0.39 is 0 Å². The Kier molecular flexibility index (Phi) is 3.74. The summed E-state index contributed by atoms with van der Waals surface area (Å²) in [6.07, 6.45) is 0. The van der Waals surface area contributed by atoms with E-state index in [2.05, 4.69) is 22.1 Å². The van der Waals surface area contributed by atoms with Crippen LogP contribution >= 0.6 is 24.0 Å². The fourth-order valence-electron chi connectivity index (χ4n) is 1.38. The van der Waals surface area contributed by atoms with Crippen LogP contribution in [0.3, 0.4) is 0 Å². The van der Waals surface area contributed by atoms with Crippen LogP contribution in [0, 0.1) is 11.6 Å². The number of H-pyrrole nitrogens is 1. The van der Waals surface area contributed by atoms with E-state index in [1.165, 1.54) is 4.90 Å². The van der Waals surface area contributed by atoms with Crippen LogP contribution < -0.4 is 0 Å². The molecule has 0 amide bonds. The van der Waals surface area contributed by atoms with Crippen LogP contribution in [-0.4, -0.2) is 9.97 Å². The first-order chi connectivity index (χ1) is 7.74. The fraction of sp³-hybridized carbons (Fsp3) is 0.167. The zero-order valence-corrected chi connectivity index (χ0v) is 10.6. The van der Waals surface area contributed by atoms with Crippen molar-refractivity contribution in [1.82, 2.24) is 9.97 Å².